The summed E-state index contributed by atoms with van der Waals surface area (Å²) in [4.78, 5) is 21.8. The van der Waals surface area contributed by atoms with Crippen LogP contribution in [0.5, 0.6) is 5.75 Å². The highest BCUT2D eigenvalue weighted by Crippen LogP contribution is 2.19. The zero-order valence-electron chi connectivity index (χ0n) is 12.9. The minimum absolute atomic E-state index is 0.0395. The van der Waals surface area contributed by atoms with Gasteiger partial charge in [-0.3, -0.25) is 20.2 Å². The Balaban J connectivity index is 1.68. The van der Waals surface area contributed by atoms with Crippen LogP contribution < -0.4 is 15.4 Å². The highest BCUT2D eigenvalue weighted by Gasteiger charge is 2.19. The lowest BCUT2D eigenvalue weighted by Gasteiger charge is -2.07. The zero-order chi connectivity index (χ0) is 17.8. The summed E-state index contributed by atoms with van der Waals surface area (Å²) in [5.41, 5.74) is 2.01. The van der Waals surface area contributed by atoms with Crippen molar-refractivity contribution < 1.29 is 14.5 Å². The molecular weight excluding hydrogens is 342 g/mol. The number of nitro groups is 1. The second-order valence-corrected chi connectivity index (χ2v) is 5.66. The molecule has 0 bridgehead atoms. The van der Waals surface area contributed by atoms with E-state index in [4.69, 9.17) is 17.0 Å². The Morgan fingerprint density at radius 3 is 2.56 bits per heavy atom. The smallest absolute Gasteiger partial charge is 0.273 e. The van der Waals surface area contributed by atoms with Gasteiger partial charge in [-0.25, -0.2) is 0 Å². The van der Waals surface area contributed by atoms with E-state index in [0.29, 0.717) is 11.4 Å². The minimum atomic E-state index is -0.444. The summed E-state index contributed by atoms with van der Waals surface area (Å²) in [5.74, 6) is 0.343. The third-order valence-electron chi connectivity index (χ3n) is 3.44. The van der Waals surface area contributed by atoms with E-state index in [9.17, 15) is 14.9 Å². The van der Waals surface area contributed by atoms with Gasteiger partial charge in [0, 0.05) is 12.1 Å². The zero-order valence-corrected chi connectivity index (χ0v) is 13.7. The number of amides is 1. The molecule has 1 fully saturated rings. The standard InChI is InChI=1S/C17H13N3O4S/c21-16-15(18-17(25)19-16)9-12-2-1-3-14(8-12)24-10-11-4-6-13(7-5-11)20(22)23/h1-9H,10H2,(H2,18,19,21,25)/b15-9-. The van der Waals surface area contributed by atoms with Crippen LogP contribution in [0.25, 0.3) is 6.08 Å². The van der Waals surface area contributed by atoms with Gasteiger partial charge in [-0.1, -0.05) is 12.1 Å². The SMILES string of the molecule is O=C1NC(=S)N/C1=C\c1cccc(OCc2ccc([N+](=O)[O-])cc2)c1. The molecule has 1 amide bonds. The molecule has 2 aromatic rings. The second-order valence-electron chi connectivity index (χ2n) is 5.25. The largest absolute Gasteiger partial charge is 0.489 e. The van der Waals surface area contributed by atoms with Crippen LogP contribution in [-0.2, 0) is 11.4 Å². The molecule has 1 aliphatic rings. The Kier molecular flexibility index (Phi) is 4.71. The van der Waals surface area contributed by atoms with Crippen molar-refractivity contribution in [3.63, 3.8) is 0 Å². The first-order valence-corrected chi connectivity index (χ1v) is 7.72. The van der Waals surface area contributed by atoms with Gasteiger partial charge < -0.3 is 10.1 Å². The lowest BCUT2D eigenvalue weighted by Crippen LogP contribution is -2.21. The van der Waals surface area contributed by atoms with Crippen molar-refractivity contribution in [2.45, 2.75) is 6.61 Å². The number of hydrogen-bond donors (Lipinski definition) is 2. The number of nitrogens with one attached hydrogen (secondary N) is 2. The highest BCUT2D eigenvalue weighted by molar-refractivity contribution is 7.80. The molecule has 8 heteroatoms. The molecule has 1 saturated heterocycles. The molecule has 3 rings (SSSR count). The molecule has 1 heterocycles. The molecule has 126 valence electrons. The summed E-state index contributed by atoms with van der Waals surface area (Å²) in [6.45, 7) is 0.279. The molecule has 0 radical (unpaired) electrons. The van der Waals surface area contributed by atoms with E-state index in [1.54, 1.807) is 30.3 Å². The minimum Gasteiger partial charge on any atom is -0.489 e. The van der Waals surface area contributed by atoms with Gasteiger partial charge in [0.15, 0.2) is 5.11 Å². The molecule has 0 spiro atoms. The first kappa shape index (κ1) is 16.6. The van der Waals surface area contributed by atoms with E-state index in [-0.39, 0.29) is 23.3 Å². The van der Waals surface area contributed by atoms with Crippen LogP contribution >= 0.6 is 12.2 Å². The summed E-state index contributed by atoms with van der Waals surface area (Å²) < 4.78 is 5.70. The Hall–Kier alpha value is -3.26. The molecule has 1 aliphatic heterocycles. The number of nitrogens with zero attached hydrogens (tertiary/aromatic N) is 1. The van der Waals surface area contributed by atoms with Crippen molar-refractivity contribution in [2.75, 3.05) is 0 Å². The van der Waals surface area contributed by atoms with Crippen LogP contribution in [0.3, 0.4) is 0 Å². The molecule has 0 aromatic heterocycles. The Labute approximate surface area is 148 Å². The summed E-state index contributed by atoms with van der Waals surface area (Å²) >= 11 is 4.89. The molecule has 25 heavy (non-hydrogen) atoms. The predicted octanol–water partition coefficient (Wildman–Crippen LogP) is 2.52. The number of thiocarbonyl (C=S) groups is 1. The Morgan fingerprint density at radius 1 is 1.16 bits per heavy atom. The van der Waals surface area contributed by atoms with Crippen LogP contribution in [0, 0.1) is 10.1 Å². The number of nitro benzene ring substituents is 1. The average molecular weight is 355 g/mol. The second kappa shape index (κ2) is 7.10. The molecule has 0 saturated carbocycles. The number of carbonyl (C=O) groups is 1. The van der Waals surface area contributed by atoms with Crippen LogP contribution in [0.4, 0.5) is 5.69 Å². The summed E-state index contributed by atoms with van der Waals surface area (Å²) in [5, 5.41) is 16.2. The molecular formula is C17H13N3O4S. The van der Waals surface area contributed by atoms with E-state index >= 15 is 0 Å². The van der Waals surface area contributed by atoms with Crippen molar-refractivity contribution in [1.82, 2.24) is 10.6 Å². The number of carbonyl (C=O) groups excluding carboxylic acids is 1. The van der Waals surface area contributed by atoms with E-state index in [0.717, 1.165) is 11.1 Å². The van der Waals surface area contributed by atoms with Gasteiger partial charge in [-0.2, -0.15) is 0 Å². The maximum absolute atomic E-state index is 11.7. The summed E-state index contributed by atoms with van der Waals surface area (Å²) in [7, 11) is 0. The Morgan fingerprint density at radius 2 is 1.92 bits per heavy atom. The fourth-order valence-corrected chi connectivity index (χ4v) is 2.43. The van der Waals surface area contributed by atoms with Gasteiger partial charge in [0.25, 0.3) is 11.6 Å². The molecule has 7 nitrogen and oxygen atoms in total. The van der Waals surface area contributed by atoms with Gasteiger partial charge in [0.05, 0.1) is 4.92 Å². The lowest BCUT2D eigenvalue weighted by atomic mass is 10.2. The van der Waals surface area contributed by atoms with Crippen molar-refractivity contribution in [3.8, 4) is 5.75 Å². The number of ether oxygens (including phenoxy) is 1. The highest BCUT2D eigenvalue weighted by atomic mass is 32.1. The quantitative estimate of drug-likeness (QED) is 0.370. The van der Waals surface area contributed by atoms with Crippen molar-refractivity contribution in [3.05, 3.63) is 75.5 Å². The molecule has 2 N–H and O–H groups in total. The predicted molar refractivity (Wildman–Crippen MR) is 95.7 cm³/mol. The normalized spacial score (nSPS) is 15.0. The lowest BCUT2D eigenvalue weighted by molar-refractivity contribution is -0.384. The topological polar surface area (TPSA) is 93.5 Å². The maximum atomic E-state index is 11.7. The van der Waals surface area contributed by atoms with Gasteiger partial charge in [0.1, 0.15) is 18.1 Å². The van der Waals surface area contributed by atoms with Crippen LogP contribution in [0.2, 0.25) is 0 Å². The number of rotatable bonds is 5. The monoisotopic (exact) mass is 355 g/mol. The summed E-state index contributed by atoms with van der Waals surface area (Å²) in [6.07, 6.45) is 1.67. The third-order valence-corrected chi connectivity index (χ3v) is 3.65. The number of non-ortho nitro benzene ring substituents is 1. The number of hydrogen-bond acceptors (Lipinski definition) is 5. The van der Waals surface area contributed by atoms with Crippen molar-refractivity contribution in [1.29, 1.82) is 0 Å². The van der Waals surface area contributed by atoms with E-state index in [1.807, 2.05) is 12.1 Å². The van der Waals surface area contributed by atoms with Crippen LogP contribution in [0.1, 0.15) is 11.1 Å². The first-order chi connectivity index (χ1) is 12.0. The fraction of sp³-hybridized carbons (Fsp3) is 0.0588. The van der Waals surface area contributed by atoms with E-state index in [2.05, 4.69) is 10.6 Å². The van der Waals surface area contributed by atoms with Crippen LogP contribution in [-0.4, -0.2) is 15.9 Å². The van der Waals surface area contributed by atoms with E-state index in [1.165, 1.54) is 12.1 Å². The van der Waals surface area contributed by atoms with Gasteiger partial charge in [-0.05, 0) is 53.7 Å². The van der Waals surface area contributed by atoms with Gasteiger partial charge in [0.2, 0.25) is 0 Å². The fourth-order valence-electron chi connectivity index (χ4n) is 2.22. The van der Waals surface area contributed by atoms with Crippen molar-refractivity contribution in [2.24, 2.45) is 0 Å². The van der Waals surface area contributed by atoms with Crippen LogP contribution in [0.15, 0.2) is 54.2 Å². The first-order valence-electron chi connectivity index (χ1n) is 7.31. The molecule has 0 unspecified atom stereocenters. The van der Waals surface area contributed by atoms with Crippen molar-refractivity contribution >= 4 is 35.0 Å². The molecule has 0 atom stereocenters. The van der Waals surface area contributed by atoms with E-state index < -0.39 is 4.92 Å². The Bertz CT molecular complexity index is 878. The molecule has 0 aliphatic carbocycles. The summed E-state index contributed by atoms with van der Waals surface area (Å²) in [6, 6.07) is 13.4. The number of benzene rings is 2. The van der Waals surface area contributed by atoms with Gasteiger partial charge in [-0.15, -0.1) is 0 Å². The molecule has 2 aromatic carbocycles. The maximum Gasteiger partial charge on any atom is 0.273 e. The third kappa shape index (κ3) is 4.18. The van der Waals surface area contributed by atoms with Gasteiger partial charge >= 0.3 is 0 Å². The average Bonchev–Trinajstić information content (AvgIpc) is 2.91.